The van der Waals surface area contributed by atoms with Crippen molar-refractivity contribution in [2.75, 3.05) is 0 Å². The molecular weight excluding hydrogens is 417 g/mol. The first-order chi connectivity index (χ1) is 14.0. The van der Waals surface area contributed by atoms with E-state index in [-0.39, 0.29) is 34.1 Å². The Balaban J connectivity index is 1.96. The van der Waals surface area contributed by atoms with Crippen LogP contribution in [0, 0.1) is 17.1 Å². The number of aromatic nitrogens is 3. The normalized spacial score (nSPS) is 12.3. The molecule has 2 aromatic carbocycles. The molecule has 0 saturated heterocycles. The van der Waals surface area contributed by atoms with E-state index in [0.717, 1.165) is 18.2 Å². The molecule has 0 amide bonds. The highest BCUT2D eigenvalue weighted by Crippen LogP contribution is 2.36. The third kappa shape index (κ3) is 4.48. The van der Waals surface area contributed by atoms with Crippen LogP contribution in [0.25, 0.3) is 23.4 Å². The van der Waals surface area contributed by atoms with Gasteiger partial charge in [-0.2, -0.15) is 31.6 Å². The minimum atomic E-state index is -4.96. The number of alkyl halides is 6. The Bertz CT molecular complexity index is 1120. The molecular formula is C19H9F7N4. The predicted molar refractivity (Wildman–Crippen MR) is 91.9 cm³/mol. The molecule has 0 bridgehead atoms. The van der Waals surface area contributed by atoms with Gasteiger partial charge in [0.15, 0.2) is 5.69 Å². The van der Waals surface area contributed by atoms with Crippen molar-refractivity contribution in [3.05, 3.63) is 70.2 Å². The maximum absolute atomic E-state index is 14.4. The number of hydrogen-bond acceptors (Lipinski definition) is 3. The van der Waals surface area contributed by atoms with Gasteiger partial charge in [0.2, 0.25) is 0 Å². The summed E-state index contributed by atoms with van der Waals surface area (Å²) in [4.78, 5) is 0. The molecule has 3 aromatic rings. The molecule has 0 aliphatic heterocycles. The smallest absolute Gasteiger partial charge is 0.247 e. The lowest BCUT2D eigenvalue weighted by Gasteiger charge is -2.13. The quantitative estimate of drug-likeness (QED) is 0.432. The van der Waals surface area contributed by atoms with E-state index in [2.05, 4.69) is 15.4 Å². The Kier molecular flexibility index (Phi) is 5.35. The van der Waals surface area contributed by atoms with Gasteiger partial charge < -0.3 is 0 Å². The number of aromatic amines is 1. The fourth-order valence-corrected chi connectivity index (χ4v) is 2.59. The van der Waals surface area contributed by atoms with E-state index in [0.29, 0.717) is 12.1 Å². The lowest BCUT2D eigenvalue weighted by atomic mass is 10.0. The van der Waals surface area contributed by atoms with Crippen LogP contribution in [0.2, 0.25) is 0 Å². The maximum atomic E-state index is 14.4. The van der Waals surface area contributed by atoms with Crippen molar-refractivity contribution >= 4 is 12.2 Å². The van der Waals surface area contributed by atoms with E-state index in [1.807, 2.05) is 0 Å². The fourth-order valence-electron chi connectivity index (χ4n) is 2.59. The third-order valence-corrected chi connectivity index (χ3v) is 3.99. The van der Waals surface area contributed by atoms with Crippen LogP contribution < -0.4 is 0 Å². The molecule has 0 unspecified atom stereocenters. The summed E-state index contributed by atoms with van der Waals surface area (Å²) >= 11 is 0. The van der Waals surface area contributed by atoms with Crippen LogP contribution in [-0.2, 0) is 12.4 Å². The second-order valence-electron chi connectivity index (χ2n) is 6.06. The van der Waals surface area contributed by atoms with Crippen LogP contribution in [0.3, 0.4) is 0 Å². The molecule has 1 aromatic heterocycles. The highest BCUT2D eigenvalue weighted by atomic mass is 19.4. The summed E-state index contributed by atoms with van der Waals surface area (Å²) in [7, 11) is 0. The molecule has 0 fully saturated rings. The molecule has 30 heavy (non-hydrogen) atoms. The second-order valence-corrected chi connectivity index (χ2v) is 6.06. The Morgan fingerprint density at radius 3 is 2.00 bits per heavy atom. The van der Waals surface area contributed by atoms with Crippen LogP contribution in [0.4, 0.5) is 30.7 Å². The number of rotatable bonds is 3. The summed E-state index contributed by atoms with van der Waals surface area (Å²) in [6, 6.07) is 6.53. The first kappa shape index (κ1) is 21.0. The zero-order valence-corrected chi connectivity index (χ0v) is 14.6. The van der Waals surface area contributed by atoms with Gasteiger partial charge in [-0.3, -0.25) is 0 Å². The standard InChI is InChI=1S/C19H9F7N4/c20-15-7-10(3-4-14(15)17-16(9-27)28-30-29-17)1-2-11-5-12(18(21,22)23)8-13(6-11)19(24,25)26/h1-8H,(H,28,29,30)/b2-1+. The molecule has 0 radical (unpaired) electrons. The van der Waals surface area contributed by atoms with Gasteiger partial charge in [0.05, 0.1) is 11.1 Å². The van der Waals surface area contributed by atoms with Crippen LogP contribution in [0.15, 0.2) is 36.4 Å². The third-order valence-electron chi connectivity index (χ3n) is 3.99. The average molecular weight is 426 g/mol. The molecule has 1 N–H and O–H groups in total. The first-order valence-electron chi connectivity index (χ1n) is 8.07. The van der Waals surface area contributed by atoms with Crippen molar-refractivity contribution in [3.63, 3.8) is 0 Å². The Labute approximate surface area is 164 Å². The van der Waals surface area contributed by atoms with Crippen LogP contribution in [0.1, 0.15) is 27.9 Å². The van der Waals surface area contributed by atoms with E-state index in [4.69, 9.17) is 5.26 Å². The largest absolute Gasteiger partial charge is 0.416 e. The molecule has 0 atom stereocenters. The number of benzene rings is 2. The van der Waals surface area contributed by atoms with Gasteiger partial charge in [-0.25, -0.2) is 9.49 Å². The van der Waals surface area contributed by atoms with Gasteiger partial charge in [-0.05, 0) is 41.5 Å². The van der Waals surface area contributed by atoms with Crippen molar-refractivity contribution in [3.8, 4) is 17.3 Å². The molecule has 4 nitrogen and oxygen atoms in total. The number of H-pyrrole nitrogens is 1. The number of halogens is 7. The van der Waals surface area contributed by atoms with Crippen molar-refractivity contribution in [1.29, 1.82) is 5.26 Å². The summed E-state index contributed by atoms with van der Waals surface area (Å²) in [5.41, 5.74) is -3.23. The van der Waals surface area contributed by atoms with E-state index in [9.17, 15) is 30.7 Å². The molecule has 1 heterocycles. The van der Waals surface area contributed by atoms with Crippen LogP contribution in [0.5, 0.6) is 0 Å². The molecule has 154 valence electrons. The summed E-state index contributed by atoms with van der Waals surface area (Å²) < 4.78 is 91.9. The van der Waals surface area contributed by atoms with E-state index in [1.54, 1.807) is 6.07 Å². The fraction of sp³-hybridized carbons (Fsp3) is 0.105. The lowest BCUT2D eigenvalue weighted by molar-refractivity contribution is -0.143. The molecule has 0 aliphatic rings. The Hall–Kier alpha value is -3.68. The lowest BCUT2D eigenvalue weighted by Crippen LogP contribution is -2.11. The Morgan fingerprint density at radius 2 is 1.47 bits per heavy atom. The van der Waals surface area contributed by atoms with Gasteiger partial charge in [0, 0.05) is 5.56 Å². The first-order valence-corrected chi connectivity index (χ1v) is 8.07. The van der Waals surface area contributed by atoms with Gasteiger partial charge in [0.25, 0.3) is 0 Å². The van der Waals surface area contributed by atoms with Gasteiger partial charge >= 0.3 is 12.4 Å². The molecule has 0 spiro atoms. The molecule has 11 heteroatoms. The minimum Gasteiger partial charge on any atom is -0.247 e. The van der Waals surface area contributed by atoms with Gasteiger partial charge in [0.1, 0.15) is 17.6 Å². The molecule has 0 aliphatic carbocycles. The zero-order valence-electron chi connectivity index (χ0n) is 14.6. The van der Waals surface area contributed by atoms with Crippen LogP contribution >= 0.6 is 0 Å². The van der Waals surface area contributed by atoms with Gasteiger partial charge in [-0.1, -0.05) is 23.4 Å². The summed E-state index contributed by atoms with van der Waals surface area (Å²) in [6.07, 6.45) is -7.76. The van der Waals surface area contributed by atoms with Crippen molar-refractivity contribution in [2.45, 2.75) is 12.4 Å². The van der Waals surface area contributed by atoms with E-state index < -0.39 is 29.3 Å². The molecule has 3 rings (SSSR count). The summed E-state index contributed by atoms with van der Waals surface area (Å²) in [5, 5.41) is 18.2. The van der Waals surface area contributed by atoms with Gasteiger partial charge in [-0.15, -0.1) is 5.10 Å². The number of nitrogens with one attached hydrogen (secondary N) is 1. The summed E-state index contributed by atoms with van der Waals surface area (Å²) in [6.45, 7) is 0. The average Bonchev–Trinajstić information content (AvgIpc) is 3.13. The van der Waals surface area contributed by atoms with E-state index >= 15 is 0 Å². The highest BCUT2D eigenvalue weighted by Gasteiger charge is 2.36. The molecule has 0 saturated carbocycles. The summed E-state index contributed by atoms with van der Waals surface area (Å²) in [5.74, 6) is -0.803. The second kappa shape index (κ2) is 7.62. The SMILES string of the molecule is N#Cc1[nH]nnc1-c1ccc(/C=C/c2cc(C(F)(F)F)cc(C(F)(F)F)c2)cc1F. The van der Waals surface area contributed by atoms with E-state index in [1.165, 1.54) is 12.1 Å². The number of hydrogen-bond donors (Lipinski definition) is 1. The maximum Gasteiger partial charge on any atom is 0.416 e. The van der Waals surface area contributed by atoms with Crippen molar-refractivity contribution in [2.24, 2.45) is 0 Å². The minimum absolute atomic E-state index is 0.0243. The van der Waals surface area contributed by atoms with Crippen LogP contribution in [-0.4, -0.2) is 15.4 Å². The number of nitriles is 1. The number of nitrogens with zero attached hydrogens (tertiary/aromatic N) is 3. The van der Waals surface area contributed by atoms with Crippen molar-refractivity contribution < 1.29 is 30.7 Å². The topological polar surface area (TPSA) is 65.4 Å². The monoisotopic (exact) mass is 426 g/mol. The highest BCUT2D eigenvalue weighted by molar-refractivity contribution is 5.73. The van der Waals surface area contributed by atoms with Crippen molar-refractivity contribution in [1.82, 2.24) is 15.4 Å². The predicted octanol–water partition coefficient (Wildman–Crippen LogP) is 5.69. The zero-order chi connectivity index (χ0) is 22.1. The Morgan fingerprint density at radius 1 is 0.867 bits per heavy atom.